The van der Waals surface area contributed by atoms with Crippen LogP contribution in [0.15, 0.2) is 0 Å². The maximum atomic E-state index is 10.8. The molecule has 6 radical (unpaired) electrons. The fourth-order valence-corrected chi connectivity index (χ4v) is 0.881. The molecule has 76 valence electrons. The maximum absolute atomic E-state index is 10.8. The van der Waals surface area contributed by atoms with Crippen molar-refractivity contribution < 1.29 is 206 Å². The molecule has 1 saturated heterocycles. The second-order valence-electron chi connectivity index (χ2n) is 3.80. The molecule has 0 amide bonds. The maximum Gasteiger partial charge on any atom is 0.168 e. The number of carbonyl (C=O) groups excluding carboxylic acids is 1. The summed E-state index contributed by atoms with van der Waals surface area (Å²) in [6.07, 6.45) is 1.63. The first kappa shape index (κ1) is 37.9. The van der Waals surface area contributed by atoms with E-state index in [4.69, 9.17) is 4.74 Å². The molecule has 0 N–H and O–H groups in total. The van der Waals surface area contributed by atoms with Gasteiger partial charge in [0.05, 0.1) is 5.60 Å². The Labute approximate surface area is 250 Å². The third kappa shape index (κ3) is 11.5. The van der Waals surface area contributed by atoms with Crippen LogP contribution in [0, 0.1) is 11.8 Å². The molecular formula is C8H13O2Y6-. The zero-order valence-corrected chi connectivity index (χ0v) is 27.4. The van der Waals surface area contributed by atoms with E-state index >= 15 is 0 Å². The summed E-state index contributed by atoms with van der Waals surface area (Å²) < 4.78 is 5.07. The Bertz CT molecular complexity index is 165. The Morgan fingerprint density at radius 3 is 1.25 bits per heavy atom. The largest absolute Gasteiger partial charge is 0.484 e. The van der Waals surface area contributed by atoms with Gasteiger partial charge in [-0.05, 0) is 13.8 Å². The Balaban J connectivity index is -0.0000000417. The van der Waals surface area contributed by atoms with E-state index in [2.05, 4.69) is 0 Å². The number of ether oxygens (including phenoxy) is 1. The van der Waals surface area contributed by atoms with Crippen molar-refractivity contribution >= 4 is 5.97 Å². The smallest absolute Gasteiger partial charge is 0.168 e. The number of hydrogen-bond acceptors (Lipinski definition) is 2. The van der Waals surface area contributed by atoms with Crippen LogP contribution in [0.4, 0.5) is 0 Å². The van der Waals surface area contributed by atoms with E-state index in [9.17, 15) is 4.79 Å². The molecule has 1 fully saturated rings. The van der Waals surface area contributed by atoms with Crippen LogP contribution in [0.25, 0.3) is 0 Å². The van der Waals surface area contributed by atoms with Crippen molar-refractivity contribution in [3.63, 3.8) is 0 Å². The Morgan fingerprint density at radius 1 is 0.875 bits per heavy atom. The topological polar surface area (TPSA) is 26.3 Å². The number of rotatable bonds is 0. The minimum absolute atomic E-state index is 0. The van der Waals surface area contributed by atoms with Crippen molar-refractivity contribution in [2.75, 3.05) is 0 Å². The molecule has 0 atom stereocenters. The third-order valence-corrected chi connectivity index (χ3v) is 2.39. The van der Waals surface area contributed by atoms with Gasteiger partial charge in [0.15, 0.2) is 5.97 Å². The summed E-state index contributed by atoms with van der Waals surface area (Å²) in [4.78, 5) is 10.8. The number of carbonyl (C=O) groups is 1. The van der Waals surface area contributed by atoms with Crippen LogP contribution in [0.1, 0.15) is 27.7 Å². The Morgan fingerprint density at radius 2 is 1.19 bits per heavy atom. The average molecular weight is 675 g/mol. The van der Waals surface area contributed by atoms with Crippen LogP contribution >= 0.6 is 0 Å². The molecule has 0 bridgehead atoms. The minimum atomic E-state index is -0.343. The molecule has 0 aromatic heterocycles. The normalized spacial score (nSPS) is 17.1. The van der Waals surface area contributed by atoms with E-state index in [0.717, 1.165) is 0 Å². The van der Waals surface area contributed by atoms with Gasteiger partial charge in [0.2, 0.25) is 0 Å². The molecule has 0 saturated carbocycles. The van der Waals surface area contributed by atoms with E-state index < -0.39 is 0 Å². The average Bonchev–Trinajstić information content (AvgIpc) is 1.73. The fourth-order valence-electron chi connectivity index (χ4n) is 0.881. The van der Waals surface area contributed by atoms with Gasteiger partial charge >= 0.3 is 0 Å². The van der Waals surface area contributed by atoms with Gasteiger partial charge < -0.3 is 4.74 Å². The third-order valence-electron chi connectivity index (χ3n) is 2.39. The monoisotopic (exact) mass is 675 g/mol. The molecule has 0 unspecified atom stereocenters. The van der Waals surface area contributed by atoms with Gasteiger partial charge in [-0.2, -0.15) is 0 Å². The molecule has 1 aliphatic rings. The van der Waals surface area contributed by atoms with E-state index in [1.807, 2.05) is 27.7 Å². The van der Waals surface area contributed by atoms with Crippen molar-refractivity contribution in [3.8, 4) is 0 Å². The van der Waals surface area contributed by atoms with Gasteiger partial charge in [-0.3, -0.25) is 11.2 Å². The van der Waals surface area contributed by atoms with Crippen molar-refractivity contribution in [2.24, 2.45) is 5.41 Å². The molecule has 0 aromatic rings. The number of cyclic esters (lactones) is 1. The standard InChI is InChI=1S/C8H13O2.6Y/c1-7(2)5-6(9)10-8(7,3)4;;;;;;/h5H,1-4H3;;;;;;/q-1;;;;;;. The molecular weight excluding hydrogens is 662 g/mol. The van der Waals surface area contributed by atoms with Gasteiger partial charge in [-0.1, -0.05) is 19.3 Å². The molecule has 0 spiro atoms. The summed E-state index contributed by atoms with van der Waals surface area (Å²) in [7, 11) is 0. The van der Waals surface area contributed by atoms with Crippen molar-refractivity contribution in [1.29, 1.82) is 0 Å². The molecule has 0 aliphatic carbocycles. The summed E-state index contributed by atoms with van der Waals surface area (Å²) >= 11 is 0. The summed E-state index contributed by atoms with van der Waals surface area (Å²) in [5.74, 6) is -0.199. The summed E-state index contributed by atoms with van der Waals surface area (Å²) in [6.45, 7) is 7.85. The first-order valence-electron chi connectivity index (χ1n) is 3.44. The van der Waals surface area contributed by atoms with Gasteiger partial charge in [0.1, 0.15) is 0 Å². The zero-order valence-electron chi connectivity index (χ0n) is 10.4. The van der Waals surface area contributed by atoms with Gasteiger partial charge in [-0.25, -0.2) is 0 Å². The first-order chi connectivity index (χ1) is 4.35. The second-order valence-corrected chi connectivity index (χ2v) is 3.80. The van der Waals surface area contributed by atoms with E-state index in [1.54, 1.807) is 6.42 Å². The summed E-state index contributed by atoms with van der Waals surface area (Å²) in [5, 5.41) is 0. The molecule has 16 heavy (non-hydrogen) atoms. The van der Waals surface area contributed by atoms with E-state index in [0.29, 0.717) is 0 Å². The Hall–Kier alpha value is 5.96. The Kier molecular flexibility index (Phi) is 37.5. The van der Waals surface area contributed by atoms with Crippen LogP contribution in [0.5, 0.6) is 0 Å². The molecule has 8 heteroatoms. The molecule has 0 aromatic carbocycles. The predicted molar refractivity (Wildman–Crippen MR) is 38.3 cm³/mol. The van der Waals surface area contributed by atoms with Crippen LogP contribution in [-0.2, 0) is 206 Å². The molecule has 2 nitrogen and oxygen atoms in total. The fraction of sp³-hybridized carbons (Fsp3) is 0.750. The van der Waals surface area contributed by atoms with E-state index in [-0.39, 0.29) is 213 Å². The number of esters is 1. The van der Waals surface area contributed by atoms with Crippen LogP contribution in [0.2, 0.25) is 0 Å². The van der Waals surface area contributed by atoms with Crippen LogP contribution < -0.4 is 0 Å². The molecule has 1 rings (SSSR count). The minimum Gasteiger partial charge on any atom is -0.484 e. The van der Waals surface area contributed by atoms with Crippen molar-refractivity contribution in [3.05, 3.63) is 6.42 Å². The molecule has 1 heterocycles. The summed E-state index contributed by atoms with van der Waals surface area (Å²) in [5.41, 5.74) is -0.478. The second kappa shape index (κ2) is 15.8. The van der Waals surface area contributed by atoms with Gasteiger partial charge in [0.25, 0.3) is 0 Å². The SMILES string of the molecule is CC1(C)[CH-]C(=O)OC1(C)C.[Y].[Y].[Y].[Y].[Y].[Y]. The summed E-state index contributed by atoms with van der Waals surface area (Å²) in [6, 6.07) is 0. The zero-order chi connectivity index (χ0) is 7.99. The van der Waals surface area contributed by atoms with Gasteiger partial charge in [0, 0.05) is 196 Å². The van der Waals surface area contributed by atoms with Crippen molar-refractivity contribution in [1.82, 2.24) is 0 Å². The first-order valence-corrected chi connectivity index (χ1v) is 3.44. The quantitative estimate of drug-likeness (QED) is 0.288. The van der Waals surface area contributed by atoms with E-state index in [1.165, 1.54) is 0 Å². The molecule has 1 aliphatic heterocycles. The van der Waals surface area contributed by atoms with Crippen LogP contribution in [0.3, 0.4) is 0 Å². The predicted octanol–water partition coefficient (Wildman–Crippen LogP) is 1.54. The van der Waals surface area contributed by atoms with Crippen LogP contribution in [-0.4, -0.2) is 11.6 Å². The van der Waals surface area contributed by atoms with Crippen molar-refractivity contribution in [2.45, 2.75) is 33.3 Å². The number of hydrogen-bond donors (Lipinski definition) is 0. The van der Waals surface area contributed by atoms with Gasteiger partial charge in [-0.15, -0.1) is 0 Å².